The molecule has 0 bridgehead atoms. The minimum atomic E-state index is 0.507. The molecule has 1 aliphatic rings. The molecule has 2 unspecified atom stereocenters. The van der Waals surface area contributed by atoms with Gasteiger partial charge in [0, 0.05) is 29.7 Å². The minimum Gasteiger partial charge on any atom is -0.384 e. The van der Waals surface area contributed by atoms with Gasteiger partial charge in [0.25, 0.3) is 0 Å². The zero-order valence-electron chi connectivity index (χ0n) is 12.2. The number of nitrogens with zero attached hydrogens (tertiary/aromatic N) is 1. The molecule has 3 heteroatoms. The van der Waals surface area contributed by atoms with E-state index in [-0.39, 0.29) is 0 Å². The second-order valence-corrected chi connectivity index (χ2v) is 6.72. The van der Waals surface area contributed by atoms with Gasteiger partial charge in [0.15, 0.2) is 0 Å². The third-order valence-corrected chi connectivity index (χ3v) is 5.31. The first-order chi connectivity index (χ1) is 9.74. The van der Waals surface area contributed by atoms with Crippen molar-refractivity contribution in [1.29, 1.82) is 0 Å². The maximum absolute atomic E-state index is 3.57. The lowest BCUT2D eigenvalue weighted by Gasteiger charge is -2.32. The standard InChI is InChI=1S/C17H22N2S/c1-13(17-8-5-9-20-17)19(2)12-14-10-15-6-3-4-7-16(15)18-11-14/h3-9,13-14,18H,10-12H2,1-2H3. The second-order valence-electron chi connectivity index (χ2n) is 5.74. The SMILES string of the molecule is CC(c1cccs1)N(C)CC1CNc2ccccc2C1. The molecule has 2 heterocycles. The fourth-order valence-corrected chi connectivity index (χ4v) is 3.80. The lowest BCUT2D eigenvalue weighted by molar-refractivity contribution is 0.224. The maximum atomic E-state index is 3.57. The van der Waals surface area contributed by atoms with Crippen LogP contribution in [0.3, 0.4) is 0 Å². The molecular weight excluding hydrogens is 264 g/mol. The molecule has 2 atom stereocenters. The summed E-state index contributed by atoms with van der Waals surface area (Å²) in [5, 5.41) is 5.73. The molecule has 0 aliphatic carbocycles. The highest BCUT2D eigenvalue weighted by Gasteiger charge is 2.21. The van der Waals surface area contributed by atoms with Gasteiger partial charge in [-0.15, -0.1) is 11.3 Å². The smallest absolute Gasteiger partial charge is 0.0410 e. The van der Waals surface area contributed by atoms with Crippen molar-refractivity contribution < 1.29 is 0 Å². The molecule has 0 fully saturated rings. The first-order valence-electron chi connectivity index (χ1n) is 7.29. The third kappa shape index (κ3) is 2.89. The van der Waals surface area contributed by atoms with Crippen LogP contribution in [0, 0.1) is 5.92 Å². The van der Waals surface area contributed by atoms with Crippen LogP contribution in [-0.2, 0) is 6.42 Å². The molecule has 0 spiro atoms. The zero-order valence-corrected chi connectivity index (χ0v) is 13.0. The Kier molecular flexibility index (Phi) is 4.08. The molecule has 3 rings (SSSR count). The summed E-state index contributed by atoms with van der Waals surface area (Å²) in [6.45, 7) is 4.52. The van der Waals surface area contributed by atoms with E-state index in [1.807, 2.05) is 11.3 Å². The summed E-state index contributed by atoms with van der Waals surface area (Å²) in [5.41, 5.74) is 2.78. The van der Waals surface area contributed by atoms with Crippen molar-refractivity contribution in [3.8, 4) is 0 Å². The van der Waals surface area contributed by atoms with Gasteiger partial charge in [-0.1, -0.05) is 24.3 Å². The lowest BCUT2D eigenvalue weighted by Crippen LogP contribution is -2.34. The largest absolute Gasteiger partial charge is 0.384 e. The Morgan fingerprint density at radius 2 is 2.15 bits per heavy atom. The molecule has 1 aliphatic heterocycles. The molecule has 2 nitrogen and oxygen atoms in total. The predicted molar refractivity (Wildman–Crippen MR) is 87.5 cm³/mol. The molecule has 20 heavy (non-hydrogen) atoms. The molecule has 106 valence electrons. The number of hydrogen-bond donors (Lipinski definition) is 1. The van der Waals surface area contributed by atoms with Gasteiger partial charge in [-0.05, 0) is 49.4 Å². The quantitative estimate of drug-likeness (QED) is 0.913. The van der Waals surface area contributed by atoms with E-state index < -0.39 is 0 Å². The number of fused-ring (bicyclic) bond motifs is 1. The molecule has 0 saturated heterocycles. The van der Waals surface area contributed by atoms with Gasteiger partial charge in [-0.3, -0.25) is 4.90 Å². The summed E-state index contributed by atoms with van der Waals surface area (Å²) in [6.07, 6.45) is 1.19. The number of anilines is 1. The van der Waals surface area contributed by atoms with Gasteiger partial charge in [-0.2, -0.15) is 0 Å². The van der Waals surface area contributed by atoms with Crippen molar-refractivity contribution >= 4 is 17.0 Å². The van der Waals surface area contributed by atoms with Crippen molar-refractivity contribution in [1.82, 2.24) is 4.90 Å². The monoisotopic (exact) mass is 286 g/mol. The Bertz CT molecular complexity index is 550. The Hall–Kier alpha value is -1.32. The molecule has 0 radical (unpaired) electrons. The normalized spacial score (nSPS) is 19.4. The number of rotatable bonds is 4. The first kappa shape index (κ1) is 13.7. The highest BCUT2D eigenvalue weighted by molar-refractivity contribution is 7.10. The van der Waals surface area contributed by atoms with E-state index in [1.165, 1.54) is 22.5 Å². The number of benzene rings is 1. The van der Waals surface area contributed by atoms with Crippen LogP contribution in [0.4, 0.5) is 5.69 Å². The van der Waals surface area contributed by atoms with Crippen LogP contribution in [0.2, 0.25) is 0 Å². The van der Waals surface area contributed by atoms with E-state index in [2.05, 4.69) is 66.0 Å². The molecule has 0 saturated carbocycles. The fourth-order valence-electron chi connectivity index (χ4n) is 2.95. The van der Waals surface area contributed by atoms with Crippen LogP contribution in [-0.4, -0.2) is 25.0 Å². The van der Waals surface area contributed by atoms with Crippen molar-refractivity contribution in [2.45, 2.75) is 19.4 Å². The Balaban J connectivity index is 1.62. The van der Waals surface area contributed by atoms with Crippen molar-refractivity contribution in [2.24, 2.45) is 5.92 Å². The predicted octanol–water partition coefficient (Wildman–Crippen LogP) is 4.03. The van der Waals surface area contributed by atoms with Gasteiger partial charge >= 0.3 is 0 Å². The molecule has 1 aromatic heterocycles. The van der Waals surface area contributed by atoms with Crippen LogP contribution in [0.25, 0.3) is 0 Å². The summed E-state index contributed by atoms with van der Waals surface area (Å²) < 4.78 is 0. The average molecular weight is 286 g/mol. The highest BCUT2D eigenvalue weighted by Crippen LogP contribution is 2.28. The molecule has 2 aromatic rings. The first-order valence-corrected chi connectivity index (χ1v) is 8.17. The number of para-hydroxylation sites is 1. The number of thiophene rings is 1. The van der Waals surface area contributed by atoms with Gasteiger partial charge in [-0.25, -0.2) is 0 Å². The van der Waals surface area contributed by atoms with Gasteiger partial charge in [0.2, 0.25) is 0 Å². The van der Waals surface area contributed by atoms with Crippen molar-refractivity contribution in [3.05, 3.63) is 52.2 Å². The number of hydrogen-bond acceptors (Lipinski definition) is 3. The fraction of sp³-hybridized carbons (Fsp3) is 0.412. The third-order valence-electron chi connectivity index (χ3n) is 4.27. The van der Waals surface area contributed by atoms with Crippen molar-refractivity contribution in [3.63, 3.8) is 0 Å². The lowest BCUT2D eigenvalue weighted by atomic mass is 9.93. The van der Waals surface area contributed by atoms with Crippen LogP contribution >= 0.6 is 11.3 Å². The van der Waals surface area contributed by atoms with Crippen LogP contribution in [0.1, 0.15) is 23.4 Å². The summed E-state index contributed by atoms with van der Waals surface area (Å²) in [6, 6.07) is 13.6. The van der Waals surface area contributed by atoms with Gasteiger partial charge < -0.3 is 5.32 Å². The van der Waals surface area contributed by atoms with E-state index in [9.17, 15) is 0 Å². The second kappa shape index (κ2) is 5.98. The van der Waals surface area contributed by atoms with Crippen LogP contribution in [0.15, 0.2) is 41.8 Å². The van der Waals surface area contributed by atoms with E-state index >= 15 is 0 Å². The van der Waals surface area contributed by atoms with E-state index in [0.717, 1.165) is 13.1 Å². The average Bonchev–Trinajstić information content (AvgIpc) is 3.00. The highest BCUT2D eigenvalue weighted by atomic mass is 32.1. The van der Waals surface area contributed by atoms with E-state index in [4.69, 9.17) is 0 Å². The molecule has 1 N–H and O–H groups in total. The van der Waals surface area contributed by atoms with Crippen LogP contribution < -0.4 is 5.32 Å². The summed E-state index contributed by atoms with van der Waals surface area (Å²) in [7, 11) is 2.24. The van der Waals surface area contributed by atoms with E-state index in [1.54, 1.807) is 0 Å². The van der Waals surface area contributed by atoms with Crippen LogP contribution in [0.5, 0.6) is 0 Å². The Morgan fingerprint density at radius 3 is 2.95 bits per heavy atom. The molecule has 1 aromatic carbocycles. The van der Waals surface area contributed by atoms with Gasteiger partial charge in [0.05, 0.1) is 0 Å². The maximum Gasteiger partial charge on any atom is 0.0410 e. The van der Waals surface area contributed by atoms with Gasteiger partial charge in [0.1, 0.15) is 0 Å². The van der Waals surface area contributed by atoms with Crippen molar-refractivity contribution in [2.75, 3.05) is 25.5 Å². The Labute approximate surface area is 125 Å². The summed E-state index contributed by atoms with van der Waals surface area (Å²) >= 11 is 1.85. The van der Waals surface area contributed by atoms with E-state index in [0.29, 0.717) is 12.0 Å². The summed E-state index contributed by atoms with van der Waals surface area (Å²) in [4.78, 5) is 3.93. The molecule has 0 amide bonds. The summed E-state index contributed by atoms with van der Waals surface area (Å²) in [5.74, 6) is 0.692. The minimum absolute atomic E-state index is 0.507. The number of nitrogens with one attached hydrogen (secondary N) is 1. The Morgan fingerprint density at radius 1 is 1.30 bits per heavy atom. The molecular formula is C17H22N2S. The topological polar surface area (TPSA) is 15.3 Å². The zero-order chi connectivity index (χ0) is 13.9.